The van der Waals surface area contributed by atoms with Crippen LogP contribution >= 0.6 is 0 Å². The van der Waals surface area contributed by atoms with Gasteiger partial charge in [0.1, 0.15) is 5.75 Å². The number of phenolic OH excluding ortho intramolecular Hbond substituents is 1. The van der Waals surface area contributed by atoms with Crippen LogP contribution in [0.3, 0.4) is 0 Å². The van der Waals surface area contributed by atoms with E-state index in [9.17, 15) is 9.90 Å². The zero-order chi connectivity index (χ0) is 17.6. The van der Waals surface area contributed by atoms with Crippen LogP contribution in [0.25, 0.3) is 0 Å². The summed E-state index contributed by atoms with van der Waals surface area (Å²) in [6.45, 7) is 4.15. The predicted molar refractivity (Wildman–Crippen MR) is 100 cm³/mol. The van der Waals surface area contributed by atoms with Crippen molar-refractivity contribution >= 4 is 5.78 Å². The standard InChI is InChI=1S/C21H26N2O2/c1-22-11-13-23(14-12-22)16-21(25)19-10-9-18(15-20(19)24)8-7-17-5-3-2-4-6-17/h2-6,9-10,15,24H,7-8,11-14,16H2,1H3. The van der Waals surface area contributed by atoms with Crippen molar-refractivity contribution in [2.75, 3.05) is 39.8 Å². The Kier molecular flexibility index (Phi) is 5.84. The molecule has 0 unspecified atom stereocenters. The smallest absolute Gasteiger partial charge is 0.180 e. The molecule has 0 amide bonds. The molecule has 1 heterocycles. The van der Waals surface area contributed by atoms with Crippen LogP contribution < -0.4 is 0 Å². The number of piperazine rings is 1. The fraction of sp³-hybridized carbons (Fsp3) is 0.381. The van der Waals surface area contributed by atoms with Crippen LogP contribution in [-0.2, 0) is 12.8 Å². The van der Waals surface area contributed by atoms with Gasteiger partial charge >= 0.3 is 0 Å². The van der Waals surface area contributed by atoms with Crippen LogP contribution in [-0.4, -0.2) is 60.5 Å². The van der Waals surface area contributed by atoms with Crippen molar-refractivity contribution in [3.05, 3.63) is 65.2 Å². The molecule has 0 saturated carbocycles. The summed E-state index contributed by atoms with van der Waals surface area (Å²) in [5, 5.41) is 10.3. The first-order valence-electron chi connectivity index (χ1n) is 8.92. The molecule has 2 aromatic carbocycles. The number of aryl methyl sites for hydroxylation is 2. The van der Waals surface area contributed by atoms with E-state index in [-0.39, 0.29) is 11.5 Å². The highest BCUT2D eigenvalue weighted by molar-refractivity contribution is 6.00. The molecule has 1 aliphatic heterocycles. The van der Waals surface area contributed by atoms with Gasteiger partial charge in [0.2, 0.25) is 0 Å². The second kappa shape index (κ2) is 8.28. The first-order chi connectivity index (χ1) is 12.1. The molecule has 3 rings (SSSR count). The number of nitrogens with zero attached hydrogens (tertiary/aromatic N) is 2. The largest absolute Gasteiger partial charge is 0.507 e. The number of carbonyl (C=O) groups excluding carboxylic acids is 1. The number of phenols is 1. The number of aromatic hydroxyl groups is 1. The third-order valence-electron chi connectivity index (χ3n) is 4.87. The highest BCUT2D eigenvalue weighted by atomic mass is 16.3. The average Bonchev–Trinajstić information content (AvgIpc) is 2.63. The lowest BCUT2D eigenvalue weighted by Crippen LogP contribution is -2.46. The number of ketones is 1. The Morgan fingerprint density at radius 3 is 2.32 bits per heavy atom. The van der Waals surface area contributed by atoms with Gasteiger partial charge in [0, 0.05) is 26.2 Å². The molecule has 25 heavy (non-hydrogen) atoms. The summed E-state index contributed by atoms with van der Waals surface area (Å²) in [5.41, 5.74) is 2.76. The molecule has 132 valence electrons. The van der Waals surface area contributed by atoms with Crippen molar-refractivity contribution in [1.29, 1.82) is 0 Å². The second-order valence-electron chi connectivity index (χ2n) is 6.84. The van der Waals surface area contributed by atoms with Gasteiger partial charge in [-0.15, -0.1) is 0 Å². The molecule has 1 aliphatic rings. The molecule has 0 aromatic heterocycles. The summed E-state index contributed by atoms with van der Waals surface area (Å²) < 4.78 is 0. The third kappa shape index (κ3) is 4.91. The van der Waals surface area contributed by atoms with Crippen LogP contribution in [0.15, 0.2) is 48.5 Å². The normalized spacial score (nSPS) is 16.0. The number of Topliss-reactive ketones (excluding diaryl/α,β-unsaturated/α-hetero) is 1. The van der Waals surface area contributed by atoms with Gasteiger partial charge in [0.05, 0.1) is 12.1 Å². The van der Waals surface area contributed by atoms with E-state index in [4.69, 9.17) is 0 Å². The first-order valence-corrected chi connectivity index (χ1v) is 8.92. The number of likely N-dealkylation sites (N-methyl/N-ethyl adjacent to an activating group) is 1. The molecular formula is C21H26N2O2. The van der Waals surface area contributed by atoms with Crippen LogP contribution in [0, 0.1) is 0 Å². The van der Waals surface area contributed by atoms with Gasteiger partial charge in [-0.3, -0.25) is 9.69 Å². The molecule has 2 aromatic rings. The van der Waals surface area contributed by atoms with Crippen molar-refractivity contribution in [2.24, 2.45) is 0 Å². The van der Waals surface area contributed by atoms with E-state index in [0.29, 0.717) is 12.1 Å². The van der Waals surface area contributed by atoms with Gasteiger partial charge in [0.15, 0.2) is 5.78 Å². The molecule has 4 heteroatoms. The molecule has 1 fully saturated rings. The molecule has 1 N–H and O–H groups in total. The topological polar surface area (TPSA) is 43.8 Å². The Hall–Kier alpha value is -2.17. The monoisotopic (exact) mass is 338 g/mol. The lowest BCUT2D eigenvalue weighted by Gasteiger charge is -2.31. The second-order valence-corrected chi connectivity index (χ2v) is 6.84. The van der Waals surface area contributed by atoms with Gasteiger partial charge in [-0.1, -0.05) is 36.4 Å². The molecule has 1 saturated heterocycles. The predicted octanol–water partition coefficient (Wildman–Crippen LogP) is 2.61. The summed E-state index contributed by atoms with van der Waals surface area (Å²) >= 11 is 0. The molecular weight excluding hydrogens is 312 g/mol. The van der Waals surface area contributed by atoms with Crippen molar-refractivity contribution in [3.63, 3.8) is 0 Å². The quantitative estimate of drug-likeness (QED) is 0.823. The molecule has 0 atom stereocenters. The number of carbonyl (C=O) groups is 1. The SMILES string of the molecule is CN1CCN(CC(=O)c2ccc(CCc3ccccc3)cc2O)CC1. The van der Waals surface area contributed by atoms with E-state index in [1.807, 2.05) is 24.3 Å². The van der Waals surface area contributed by atoms with Gasteiger partial charge in [-0.25, -0.2) is 0 Å². The van der Waals surface area contributed by atoms with Gasteiger partial charge in [-0.05, 0) is 43.1 Å². The number of benzene rings is 2. The minimum Gasteiger partial charge on any atom is -0.507 e. The summed E-state index contributed by atoms with van der Waals surface area (Å²) in [5.74, 6) is 0.0985. The first kappa shape index (κ1) is 17.6. The number of hydrogen-bond acceptors (Lipinski definition) is 4. The summed E-state index contributed by atoms with van der Waals surface area (Å²) in [4.78, 5) is 16.9. The lowest BCUT2D eigenvalue weighted by atomic mass is 10.0. The van der Waals surface area contributed by atoms with E-state index in [0.717, 1.165) is 44.6 Å². The van der Waals surface area contributed by atoms with Crippen molar-refractivity contribution in [1.82, 2.24) is 9.80 Å². The summed E-state index contributed by atoms with van der Waals surface area (Å²) in [6, 6.07) is 15.8. The van der Waals surface area contributed by atoms with E-state index in [1.165, 1.54) is 5.56 Å². The zero-order valence-corrected chi connectivity index (χ0v) is 14.8. The Morgan fingerprint density at radius 1 is 0.960 bits per heavy atom. The van der Waals surface area contributed by atoms with E-state index < -0.39 is 0 Å². The minimum atomic E-state index is -0.00309. The van der Waals surface area contributed by atoms with Crippen LogP contribution in [0.2, 0.25) is 0 Å². The third-order valence-corrected chi connectivity index (χ3v) is 4.87. The Morgan fingerprint density at radius 2 is 1.64 bits per heavy atom. The van der Waals surface area contributed by atoms with Gasteiger partial charge < -0.3 is 10.0 Å². The van der Waals surface area contributed by atoms with Crippen molar-refractivity contribution < 1.29 is 9.90 Å². The van der Waals surface area contributed by atoms with E-state index in [1.54, 1.807) is 12.1 Å². The Labute approximate surface area is 149 Å². The van der Waals surface area contributed by atoms with Crippen LogP contribution in [0.4, 0.5) is 0 Å². The van der Waals surface area contributed by atoms with Crippen LogP contribution in [0.5, 0.6) is 5.75 Å². The summed E-state index contributed by atoms with van der Waals surface area (Å²) in [6.07, 6.45) is 1.78. The van der Waals surface area contributed by atoms with Gasteiger partial charge in [0.25, 0.3) is 0 Å². The zero-order valence-electron chi connectivity index (χ0n) is 14.8. The fourth-order valence-electron chi connectivity index (χ4n) is 3.20. The van der Waals surface area contributed by atoms with E-state index in [2.05, 4.69) is 29.0 Å². The Bertz CT molecular complexity index is 707. The fourth-order valence-corrected chi connectivity index (χ4v) is 3.20. The average molecular weight is 338 g/mol. The van der Waals surface area contributed by atoms with E-state index >= 15 is 0 Å². The lowest BCUT2D eigenvalue weighted by molar-refractivity contribution is 0.0874. The summed E-state index contributed by atoms with van der Waals surface area (Å²) in [7, 11) is 2.10. The molecule has 0 bridgehead atoms. The highest BCUT2D eigenvalue weighted by Crippen LogP contribution is 2.21. The van der Waals surface area contributed by atoms with Crippen LogP contribution in [0.1, 0.15) is 21.5 Å². The maximum Gasteiger partial charge on any atom is 0.180 e. The molecule has 0 aliphatic carbocycles. The maximum absolute atomic E-state index is 12.5. The maximum atomic E-state index is 12.5. The molecule has 0 spiro atoms. The van der Waals surface area contributed by atoms with Gasteiger partial charge in [-0.2, -0.15) is 0 Å². The minimum absolute atomic E-state index is 0.00309. The van der Waals surface area contributed by atoms with Crippen molar-refractivity contribution in [2.45, 2.75) is 12.8 Å². The molecule has 4 nitrogen and oxygen atoms in total. The Balaban J connectivity index is 1.58. The number of rotatable bonds is 6. The molecule has 0 radical (unpaired) electrons. The highest BCUT2D eigenvalue weighted by Gasteiger charge is 2.19. The number of hydrogen-bond donors (Lipinski definition) is 1. The van der Waals surface area contributed by atoms with Crippen molar-refractivity contribution in [3.8, 4) is 5.75 Å².